The summed E-state index contributed by atoms with van der Waals surface area (Å²) in [4.78, 5) is 37.2. The Labute approximate surface area is 200 Å². The van der Waals surface area contributed by atoms with Crippen molar-refractivity contribution in [2.24, 2.45) is 0 Å². The largest absolute Gasteiger partial charge is 0.493 e. The monoisotopic (exact) mass is 486 g/mol. The number of thioether (sulfide) groups is 1. The van der Waals surface area contributed by atoms with Gasteiger partial charge in [-0.25, -0.2) is 4.79 Å². The summed E-state index contributed by atoms with van der Waals surface area (Å²) in [5.41, 5.74) is 3.60. The number of nitrogens with one attached hydrogen (secondary N) is 1. The van der Waals surface area contributed by atoms with Crippen molar-refractivity contribution < 1.29 is 28.6 Å². The van der Waals surface area contributed by atoms with E-state index in [0.717, 1.165) is 16.8 Å². The molecular weight excluding hydrogens is 464 g/mol. The maximum Gasteiger partial charge on any atom is 0.344 e. The van der Waals surface area contributed by atoms with Crippen LogP contribution in [0.2, 0.25) is 0 Å². The topological polar surface area (TPSA) is 94.2 Å². The van der Waals surface area contributed by atoms with E-state index in [0.29, 0.717) is 27.5 Å². The van der Waals surface area contributed by atoms with Gasteiger partial charge >= 0.3 is 5.97 Å². The molecule has 1 fully saturated rings. The highest BCUT2D eigenvalue weighted by Gasteiger charge is 2.33. The molecule has 0 radical (unpaired) electrons. The zero-order chi connectivity index (χ0) is 24.0. The number of methoxy groups -OCH3 is 1. The van der Waals surface area contributed by atoms with E-state index in [4.69, 9.17) is 26.4 Å². The predicted octanol–water partition coefficient (Wildman–Crippen LogP) is 3.57. The summed E-state index contributed by atoms with van der Waals surface area (Å²) < 4.78 is 16.1. The van der Waals surface area contributed by atoms with E-state index in [1.165, 1.54) is 7.11 Å². The normalized spacial score (nSPS) is 14.5. The van der Waals surface area contributed by atoms with Crippen molar-refractivity contribution in [1.82, 2.24) is 10.4 Å². The zero-order valence-corrected chi connectivity index (χ0v) is 19.8. The molecule has 0 aromatic heterocycles. The van der Waals surface area contributed by atoms with E-state index in [2.05, 4.69) is 5.43 Å². The molecule has 2 amide bonds. The van der Waals surface area contributed by atoms with Gasteiger partial charge in [0.05, 0.1) is 18.1 Å². The molecule has 0 bridgehead atoms. The van der Waals surface area contributed by atoms with Gasteiger partial charge in [0.2, 0.25) is 0 Å². The molecule has 1 saturated heterocycles. The lowest BCUT2D eigenvalue weighted by Gasteiger charge is -2.15. The van der Waals surface area contributed by atoms with Crippen molar-refractivity contribution in [3.05, 3.63) is 64.6 Å². The fourth-order valence-corrected chi connectivity index (χ4v) is 3.98. The quantitative estimate of drug-likeness (QED) is 0.344. The lowest BCUT2D eigenvalue weighted by atomic mass is 10.2. The van der Waals surface area contributed by atoms with Crippen LogP contribution in [0.25, 0.3) is 6.08 Å². The first-order chi connectivity index (χ1) is 15.8. The molecule has 172 valence electrons. The van der Waals surface area contributed by atoms with Crippen molar-refractivity contribution in [3.63, 3.8) is 0 Å². The highest BCUT2D eigenvalue weighted by Crippen LogP contribution is 2.34. The van der Waals surface area contributed by atoms with Crippen LogP contribution < -0.4 is 14.9 Å². The first kappa shape index (κ1) is 24.3. The van der Waals surface area contributed by atoms with Crippen LogP contribution in [0, 0.1) is 0 Å². The molecule has 0 atom stereocenters. The van der Waals surface area contributed by atoms with Gasteiger partial charge in [-0.2, -0.15) is 5.01 Å². The molecule has 3 rings (SSSR count). The van der Waals surface area contributed by atoms with Crippen LogP contribution in [0.3, 0.4) is 0 Å². The van der Waals surface area contributed by atoms with E-state index < -0.39 is 17.8 Å². The molecule has 33 heavy (non-hydrogen) atoms. The first-order valence-electron chi connectivity index (χ1n) is 9.92. The Hall–Kier alpha value is -3.37. The first-order valence-corrected chi connectivity index (χ1v) is 11.1. The number of amides is 2. The fourth-order valence-electron chi connectivity index (χ4n) is 2.80. The van der Waals surface area contributed by atoms with Crippen molar-refractivity contribution in [1.29, 1.82) is 0 Å². The second-order valence-electron chi connectivity index (χ2n) is 7.06. The number of hydrazine groups is 1. The smallest absolute Gasteiger partial charge is 0.344 e. The minimum absolute atomic E-state index is 0.214. The molecule has 0 spiro atoms. The minimum atomic E-state index is -0.489. The lowest BCUT2D eigenvalue weighted by Crippen LogP contribution is -2.44. The van der Waals surface area contributed by atoms with Crippen molar-refractivity contribution in [2.45, 2.75) is 20.0 Å². The highest BCUT2D eigenvalue weighted by atomic mass is 32.2. The van der Waals surface area contributed by atoms with Crippen LogP contribution in [-0.4, -0.2) is 46.9 Å². The summed E-state index contributed by atoms with van der Waals surface area (Å²) in [7, 11) is 1.47. The number of rotatable bonds is 8. The number of hydrogen-bond donors (Lipinski definition) is 1. The van der Waals surface area contributed by atoms with Gasteiger partial charge in [0.25, 0.3) is 11.8 Å². The van der Waals surface area contributed by atoms with E-state index >= 15 is 0 Å². The van der Waals surface area contributed by atoms with Gasteiger partial charge in [-0.1, -0.05) is 36.0 Å². The van der Waals surface area contributed by atoms with E-state index in [1.807, 2.05) is 0 Å². The summed E-state index contributed by atoms with van der Waals surface area (Å²) >= 11 is 6.33. The number of hydrogen-bond acceptors (Lipinski definition) is 8. The van der Waals surface area contributed by atoms with Crippen LogP contribution in [-0.2, 0) is 14.3 Å². The maximum absolute atomic E-state index is 12.8. The van der Waals surface area contributed by atoms with Crippen LogP contribution >= 0.6 is 24.0 Å². The molecule has 1 aliphatic rings. The average Bonchev–Trinajstić information content (AvgIpc) is 3.05. The Kier molecular flexibility index (Phi) is 8.07. The Morgan fingerprint density at radius 2 is 1.88 bits per heavy atom. The van der Waals surface area contributed by atoms with Crippen molar-refractivity contribution >= 4 is 52.2 Å². The number of carbonyl (C=O) groups excluding carboxylic acids is 3. The summed E-state index contributed by atoms with van der Waals surface area (Å²) in [6, 6.07) is 13.5. The Morgan fingerprint density at radius 3 is 2.55 bits per heavy atom. The molecule has 10 heteroatoms. The van der Waals surface area contributed by atoms with E-state index in [-0.39, 0.29) is 17.0 Å². The van der Waals surface area contributed by atoms with Gasteiger partial charge in [-0.05, 0) is 62.0 Å². The van der Waals surface area contributed by atoms with Crippen LogP contribution in [0.15, 0.2) is 53.4 Å². The van der Waals surface area contributed by atoms with Crippen LogP contribution in [0.5, 0.6) is 11.5 Å². The Balaban J connectivity index is 1.71. The number of benzene rings is 2. The minimum Gasteiger partial charge on any atom is -0.493 e. The molecular formula is C23H22N2O6S2. The molecule has 0 unspecified atom stereocenters. The lowest BCUT2D eigenvalue weighted by molar-refractivity contribution is -0.149. The van der Waals surface area contributed by atoms with E-state index in [1.54, 1.807) is 68.5 Å². The Bertz CT molecular complexity index is 1100. The van der Waals surface area contributed by atoms with Crippen LogP contribution in [0.1, 0.15) is 29.8 Å². The molecule has 1 heterocycles. The number of esters is 1. The number of nitrogens with zero attached hydrogens (tertiary/aromatic N) is 1. The Morgan fingerprint density at radius 1 is 1.15 bits per heavy atom. The molecule has 1 aliphatic heterocycles. The second-order valence-corrected chi connectivity index (χ2v) is 8.74. The third-order valence-electron chi connectivity index (χ3n) is 4.24. The SMILES string of the molecule is COc1cc(/C=C2\SC(=S)N(NC(=O)c3ccccc3)C2=O)ccc1OCC(=O)OC(C)C. The molecule has 0 aliphatic carbocycles. The predicted molar refractivity (Wildman–Crippen MR) is 129 cm³/mol. The second kappa shape index (κ2) is 11.0. The molecule has 1 N–H and O–H groups in total. The number of thiocarbonyl (C=S) groups is 1. The third kappa shape index (κ3) is 6.33. The highest BCUT2D eigenvalue weighted by molar-refractivity contribution is 8.26. The van der Waals surface area contributed by atoms with Crippen LogP contribution in [0.4, 0.5) is 0 Å². The summed E-state index contributed by atoms with van der Waals surface area (Å²) in [5.74, 6) is -0.623. The summed E-state index contributed by atoms with van der Waals surface area (Å²) in [6.45, 7) is 3.25. The van der Waals surface area contributed by atoms with E-state index in [9.17, 15) is 14.4 Å². The fraction of sp³-hybridized carbons (Fsp3) is 0.217. The standard InChI is InChI=1S/C23H22N2O6S2/c1-14(2)31-20(26)13-30-17-10-9-15(11-18(17)29-3)12-19-22(28)25(23(32)33-19)24-21(27)16-7-5-4-6-8-16/h4-12,14H,13H2,1-3H3,(H,24,27)/b19-12-. The number of carbonyl (C=O) groups is 3. The van der Waals surface area contributed by atoms with Crippen molar-refractivity contribution in [2.75, 3.05) is 13.7 Å². The molecule has 8 nitrogen and oxygen atoms in total. The third-order valence-corrected chi connectivity index (χ3v) is 5.54. The van der Waals surface area contributed by atoms with Gasteiger partial charge in [-0.15, -0.1) is 0 Å². The van der Waals surface area contributed by atoms with Gasteiger partial charge in [0.1, 0.15) is 0 Å². The zero-order valence-electron chi connectivity index (χ0n) is 18.2. The summed E-state index contributed by atoms with van der Waals surface area (Å²) in [5, 5.41) is 1.05. The molecule has 0 saturated carbocycles. The van der Waals surface area contributed by atoms with Gasteiger partial charge < -0.3 is 14.2 Å². The van der Waals surface area contributed by atoms with Gasteiger partial charge in [-0.3, -0.25) is 15.0 Å². The van der Waals surface area contributed by atoms with Gasteiger partial charge in [0, 0.05) is 5.56 Å². The average molecular weight is 487 g/mol. The van der Waals surface area contributed by atoms with Crippen molar-refractivity contribution in [3.8, 4) is 11.5 Å². The summed E-state index contributed by atoms with van der Waals surface area (Å²) in [6.07, 6.45) is 1.40. The maximum atomic E-state index is 12.8. The van der Waals surface area contributed by atoms with Gasteiger partial charge in [0.15, 0.2) is 22.4 Å². The molecule has 2 aromatic carbocycles. The number of ether oxygens (including phenoxy) is 3. The molecule has 2 aromatic rings.